The molecule has 1 aromatic carbocycles. The molecule has 0 amide bonds. The molecule has 0 radical (unpaired) electrons. The Hall–Kier alpha value is -1.82. The third-order valence-corrected chi connectivity index (χ3v) is 3.06. The van der Waals surface area contributed by atoms with Crippen LogP contribution in [0.25, 0.3) is 10.6 Å². The van der Waals surface area contributed by atoms with Crippen LogP contribution in [0.15, 0.2) is 12.1 Å². The average Bonchev–Trinajstić information content (AvgIpc) is 2.79. The highest BCUT2D eigenvalue weighted by molar-refractivity contribution is 7.09. The fourth-order valence-corrected chi connectivity index (χ4v) is 2.10. The van der Waals surface area contributed by atoms with E-state index in [9.17, 15) is 14.3 Å². The fraction of sp³-hybridized carbons (Fsp3) is 0.357. The predicted octanol–water partition coefficient (Wildman–Crippen LogP) is 3.98. The molecule has 1 N–H and O–H groups in total. The second kappa shape index (κ2) is 7.09. The van der Waals surface area contributed by atoms with Crippen molar-refractivity contribution in [3.8, 4) is 16.3 Å². The molecule has 1 aromatic heterocycles. The molecule has 0 saturated heterocycles. The van der Waals surface area contributed by atoms with Crippen molar-refractivity contribution in [1.29, 1.82) is 0 Å². The van der Waals surface area contributed by atoms with Crippen molar-refractivity contribution < 1.29 is 14.3 Å². The summed E-state index contributed by atoms with van der Waals surface area (Å²) in [6, 6.07) is 2.22. The number of aryl methyl sites for hydroxylation is 1. The average molecular weight is 296 g/mol. The minimum Gasteiger partial charge on any atom is -0.507 e. The van der Waals surface area contributed by atoms with E-state index in [-0.39, 0.29) is 16.9 Å². The lowest BCUT2D eigenvalue weighted by molar-refractivity contribution is 0.101. The molecule has 2 aromatic rings. The van der Waals surface area contributed by atoms with Crippen LogP contribution in [-0.2, 0) is 0 Å². The fourth-order valence-electron chi connectivity index (χ4n) is 1.41. The van der Waals surface area contributed by atoms with Crippen molar-refractivity contribution in [3.05, 3.63) is 29.3 Å². The van der Waals surface area contributed by atoms with E-state index in [1.165, 1.54) is 13.3 Å². The number of nitrogens with zero attached hydrogens (tertiary/aromatic N) is 2. The summed E-state index contributed by atoms with van der Waals surface area (Å²) in [6.45, 7) is 7.20. The van der Waals surface area contributed by atoms with Gasteiger partial charge in [-0.05, 0) is 37.5 Å². The highest BCUT2D eigenvalue weighted by atomic mass is 32.1. The largest absolute Gasteiger partial charge is 0.507 e. The van der Waals surface area contributed by atoms with E-state index < -0.39 is 11.6 Å². The van der Waals surface area contributed by atoms with Crippen LogP contribution in [0.2, 0.25) is 0 Å². The second-order valence-electron chi connectivity index (χ2n) is 4.26. The Morgan fingerprint density at radius 1 is 1.40 bits per heavy atom. The summed E-state index contributed by atoms with van der Waals surface area (Å²) >= 11 is 1.07. The molecule has 0 aliphatic rings. The molecule has 6 heteroatoms. The summed E-state index contributed by atoms with van der Waals surface area (Å²) in [5, 5.41) is 10.2. The van der Waals surface area contributed by atoms with Crippen LogP contribution < -0.4 is 0 Å². The van der Waals surface area contributed by atoms with Crippen LogP contribution in [0.5, 0.6) is 5.75 Å². The van der Waals surface area contributed by atoms with Crippen molar-refractivity contribution in [1.82, 2.24) is 9.36 Å². The monoisotopic (exact) mass is 296 g/mol. The Kier molecular flexibility index (Phi) is 5.76. The molecule has 0 saturated carbocycles. The summed E-state index contributed by atoms with van der Waals surface area (Å²) in [7, 11) is 0. The van der Waals surface area contributed by atoms with Gasteiger partial charge in [-0.1, -0.05) is 20.3 Å². The maximum Gasteiger partial charge on any atom is 0.162 e. The van der Waals surface area contributed by atoms with Crippen LogP contribution in [0.1, 0.15) is 43.4 Å². The maximum atomic E-state index is 13.6. The molecule has 4 nitrogen and oxygen atoms in total. The molecule has 0 atom stereocenters. The number of phenols is 1. The van der Waals surface area contributed by atoms with Crippen molar-refractivity contribution in [2.75, 3.05) is 0 Å². The molecule has 0 bridgehead atoms. The SMILES string of the molecule is CC(=O)c1cc(O)c(-c2nc(C)ns2)cc1F.CCC. The van der Waals surface area contributed by atoms with Gasteiger partial charge in [0.15, 0.2) is 5.78 Å². The van der Waals surface area contributed by atoms with Gasteiger partial charge in [0.25, 0.3) is 0 Å². The molecule has 0 aliphatic carbocycles. The Morgan fingerprint density at radius 2 is 2.00 bits per heavy atom. The van der Waals surface area contributed by atoms with Gasteiger partial charge in [-0.2, -0.15) is 4.37 Å². The summed E-state index contributed by atoms with van der Waals surface area (Å²) in [6.07, 6.45) is 1.25. The maximum absolute atomic E-state index is 13.6. The first-order chi connectivity index (χ1) is 9.40. The van der Waals surface area contributed by atoms with E-state index in [2.05, 4.69) is 23.2 Å². The molecule has 2 rings (SSSR count). The van der Waals surface area contributed by atoms with Gasteiger partial charge in [-0.15, -0.1) is 0 Å². The zero-order valence-corrected chi connectivity index (χ0v) is 12.7. The van der Waals surface area contributed by atoms with E-state index in [0.717, 1.165) is 23.7 Å². The highest BCUT2D eigenvalue weighted by Crippen LogP contribution is 2.32. The first-order valence-electron chi connectivity index (χ1n) is 6.24. The third-order valence-electron chi connectivity index (χ3n) is 2.22. The lowest BCUT2D eigenvalue weighted by Crippen LogP contribution is -1.97. The summed E-state index contributed by atoms with van der Waals surface area (Å²) in [4.78, 5) is 15.1. The number of ketones is 1. The molecule has 0 unspecified atom stereocenters. The van der Waals surface area contributed by atoms with Gasteiger partial charge in [-0.25, -0.2) is 9.37 Å². The third kappa shape index (κ3) is 3.84. The van der Waals surface area contributed by atoms with Gasteiger partial charge in [0.05, 0.1) is 11.1 Å². The van der Waals surface area contributed by atoms with E-state index in [4.69, 9.17) is 0 Å². The van der Waals surface area contributed by atoms with Crippen molar-refractivity contribution in [2.24, 2.45) is 0 Å². The standard InChI is InChI=1S/C11H9FN2O2S.C3H8/c1-5(15)7-4-10(16)8(3-9(7)12)11-13-6(2)14-17-11;1-3-2/h3-4,16H,1-2H3;3H2,1-2H3. The number of hydrogen-bond donors (Lipinski definition) is 1. The van der Waals surface area contributed by atoms with Crippen LogP contribution in [0.4, 0.5) is 4.39 Å². The van der Waals surface area contributed by atoms with E-state index in [1.807, 2.05) is 0 Å². The minimum absolute atomic E-state index is 0.132. The van der Waals surface area contributed by atoms with Gasteiger partial charge >= 0.3 is 0 Å². The number of hydrogen-bond acceptors (Lipinski definition) is 5. The number of halogens is 1. The molecular weight excluding hydrogens is 279 g/mol. The Labute approximate surface area is 121 Å². The molecule has 0 fully saturated rings. The van der Waals surface area contributed by atoms with Gasteiger partial charge in [0.1, 0.15) is 22.4 Å². The van der Waals surface area contributed by atoms with Gasteiger partial charge in [0.2, 0.25) is 0 Å². The highest BCUT2D eigenvalue weighted by Gasteiger charge is 2.16. The molecule has 108 valence electrons. The molecule has 1 heterocycles. The van der Waals surface area contributed by atoms with Gasteiger partial charge < -0.3 is 5.11 Å². The Morgan fingerprint density at radius 3 is 2.45 bits per heavy atom. The Bertz CT molecular complexity index is 611. The van der Waals surface area contributed by atoms with E-state index in [0.29, 0.717) is 10.8 Å². The summed E-state index contributed by atoms with van der Waals surface area (Å²) in [5.74, 6) is -0.718. The van der Waals surface area contributed by atoms with Crippen molar-refractivity contribution >= 4 is 17.3 Å². The number of aromatic nitrogens is 2. The minimum atomic E-state index is -0.668. The number of benzene rings is 1. The topological polar surface area (TPSA) is 63.1 Å². The van der Waals surface area contributed by atoms with Crippen LogP contribution in [0, 0.1) is 12.7 Å². The normalized spacial score (nSPS) is 9.85. The summed E-state index contributed by atoms with van der Waals surface area (Å²) in [5.41, 5.74) is 0.116. The predicted molar refractivity (Wildman–Crippen MR) is 77.7 cm³/mol. The number of aromatic hydroxyl groups is 1. The van der Waals surface area contributed by atoms with Crippen LogP contribution in [0.3, 0.4) is 0 Å². The Balaban J connectivity index is 0.000000612. The molecule has 0 aliphatic heterocycles. The number of phenolic OH excluding ortho intramolecular Hbond substituents is 1. The van der Waals surface area contributed by atoms with Crippen LogP contribution in [-0.4, -0.2) is 20.2 Å². The van der Waals surface area contributed by atoms with Gasteiger partial charge in [-0.3, -0.25) is 4.79 Å². The summed E-state index contributed by atoms with van der Waals surface area (Å²) < 4.78 is 17.5. The molecule has 20 heavy (non-hydrogen) atoms. The number of Topliss-reactive ketones (excluding diaryl/α,β-unsaturated/α-hetero) is 1. The second-order valence-corrected chi connectivity index (χ2v) is 5.01. The van der Waals surface area contributed by atoms with E-state index in [1.54, 1.807) is 6.92 Å². The first-order valence-corrected chi connectivity index (χ1v) is 7.02. The van der Waals surface area contributed by atoms with Crippen LogP contribution >= 0.6 is 11.5 Å². The zero-order chi connectivity index (χ0) is 15.3. The number of rotatable bonds is 2. The lowest BCUT2D eigenvalue weighted by Gasteiger charge is -2.04. The molecular formula is C14H17FN2O2S. The van der Waals surface area contributed by atoms with E-state index >= 15 is 0 Å². The number of carbonyl (C=O) groups excluding carboxylic acids is 1. The van der Waals surface area contributed by atoms with Crippen molar-refractivity contribution in [2.45, 2.75) is 34.1 Å². The lowest BCUT2D eigenvalue weighted by atomic mass is 10.1. The quantitative estimate of drug-likeness (QED) is 0.851. The smallest absolute Gasteiger partial charge is 0.162 e. The zero-order valence-electron chi connectivity index (χ0n) is 11.9. The molecule has 0 spiro atoms. The number of carbonyl (C=O) groups is 1. The van der Waals surface area contributed by atoms with Gasteiger partial charge in [0, 0.05) is 0 Å². The van der Waals surface area contributed by atoms with Crippen molar-refractivity contribution in [3.63, 3.8) is 0 Å². The first kappa shape index (κ1) is 16.2.